The molecular formula is C15H18ClF3N2O. The lowest BCUT2D eigenvalue weighted by atomic mass is 9.96. The summed E-state index contributed by atoms with van der Waals surface area (Å²) in [6.45, 7) is 1.13. The van der Waals surface area contributed by atoms with E-state index in [2.05, 4.69) is 5.32 Å². The number of halogens is 4. The maximum absolute atomic E-state index is 12.6. The Morgan fingerprint density at radius 2 is 1.82 bits per heavy atom. The standard InChI is InChI=1S/C15H18ClF3N2O/c16-13-3-1-11(2-4-13)9-20-14(22)10-21-7-5-12(6-8-21)15(17,18)19/h1-4,12H,5-10H2,(H,20,22). The molecule has 0 aromatic heterocycles. The van der Waals surface area contributed by atoms with Crippen molar-refractivity contribution < 1.29 is 18.0 Å². The lowest BCUT2D eigenvalue weighted by Crippen LogP contribution is -2.43. The van der Waals surface area contributed by atoms with Gasteiger partial charge in [0.15, 0.2) is 0 Å². The molecular weight excluding hydrogens is 317 g/mol. The molecule has 1 fully saturated rings. The second-order valence-corrected chi connectivity index (χ2v) is 5.93. The SMILES string of the molecule is O=C(CN1CCC(C(F)(F)F)CC1)NCc1ccc(Cl)cc1. The molecule has 1 amide bonds. The van der Waals surface area contributed by atoms with Gasteiger partial charge >= 0.3 is 6.18 Å². The van der Waals surface area contributed by atoms with Gasteiger partial charge in [0.25, 0.3) is 0 Å². The highest BCUT2D eigenvalue weighted by Gasteiger charge is 2.41. The van der Waals surface area contributed by atoms with Crippen LogP contribution in [-0.2, 0) is 11.3 Å². The molecule has 1 saturated heterocycles. The van der Waals surface area contributed by atoms with Crippen molar-refractivity contribution in [1.82, 2.24) is 10.2 Å². The van der Waals surface area contributed by atoms with Crippen LogP contribution < -0.4 is 5.32 Å². The zero-order valence-electron chi connectivity index (χ0n) is 12.0. The van der Waals surface area contributed by atoms with Gasteiger partial charge in [-0.2, -0.15) is 13.2 Å². The van der Waals surface area contributed by atoms with Crippen molar-refractivity contribution in [3.63, 3.8) is 0 Å². The first kappa shape index (κ1) is 17.1. The molecule has 1 aliphatic rings. The Labute approximate surface area is 132 Å². The van der Waals surface area contributed by atoms with Crippen LogP contribution in [-0.4, -0.2) is 36.6 Å². The van der Waals surface area contributed by atoms with Crippen molar-refractivity contribution in [3.8, 4) is 0 Å². The summed E-state index contributed by atoms with van der Waals surface area (Å²) in [6.07, 6.45) is -4.00. The predicted molar refractivity (Wildman–Crippen MR) is 78.5 cm³/mol. The van der Waals surface area contributed by atoms with Gasteiger partial charge in [-0.05, 0) is 43.6 Å². The number of hydrogen-bond donors (Lipinski definition) is 1. The average Bonchev–Trinajstić information content (AvgIpc) is 2.46. The predicted octanol–water partition coefficient (Wildman–Crippen LogP) is 3.23. The Bertz CT molecular complexity index is 497. The fourth-order valence-corrected chi connectivity index (χ4v) is 2.61. The summed E-state index contributed by atoms with van der Waals surface area (Å²) in [7, 11) is 0. The smallest absolute Gasteiger partial charge is 0.351 e. The van der Waals surface area contributed by atoms with E-state index in [0.717, 1.165) is 5.56 Å². The minimum absolute atomic E-state index is 0.0635. The molecule has 3 nitrogen and oxygen atoms in total. The lowest BCUT2D eigenvalue weighted by molar-refractivity contribution is -0.185. The maximum Gasteiger partial charge on any atom is 0.391 e. The van der Waals surface area contributed by atoms with E-state index in [1.165, 1.54) is 0 Å². The second kappa shape index (κ2) is 7.33. The molecule has 0 radical (unpaired) electrons. The molecule has 22 heavy (non-hydrogen) atoms. The molecule has 1 aromatic carbocycles. The Hall–Kier alpha value is -1.27. The van der Waals surface area contributed by atoms with E-state index < -0.39 is 12.1 Å². The first-order valence-electron chi connectivity index (χ1n) is 7.15. The fraction of sp³-hybridized carbons (Fsp3) is 0.533. The summed E-state index contributed by atoms with van der Waals surface area (Å²) in [6, 6.07) is 7.12. The van der Waals surface area contributed by atoms with Gasteiger partial charge in [0.2, 0.25) is 5.91 Å². The monoisotopic (exact) mass is 334 g/mol. The fourth-order valence-electron chi connectivity index (χ4n) is 2.48. The number of alkyl halides is 3. The van der Waals surface area contributed by atoms with Crippen LogP contribution in [0.1, 0.15) is 18.4 Å². The van der Waals surface area contributed by atoms with Crippen LogP contribution >= 0.6 is 11.6 Å². The van der Waals surface area contributed by atoms with E-state index >= 15 is 0 Å². The molecule has 1 aliphatic heterocycles. The van der Waals surface area contributed by atoms with Crippen LogP contribution in [0.15, 0.2) is 24.3 Å². The zero-order chi connectivity index (χ0) is 16.2. The number of hydrogen-bond acceptors (Lipinski definition) is 2. The van der Waals surface area contributed by atoms with Gasteiger partial charge in [-0.25, -0.2) is 0 Å². The number of piperidine rings is 1. The molecule has 122 valence electrons. The summed E-state index contributed by atoms with van der Waals surface area (Å²) >= 11 is 5.77. The summed E-state index contributed by atoms with van der Waals surface area (Å²) in [5.41, 5.74) is 0.925. The topological polar surface area (TPSA) is 32.3 Å². The molecule has 0 spiro atoms. The van der Waals surface area contributed by atoms with Gasteiger partial charge in [-0.1, -0.05) is 23.7 Å². The van der Waals surface area contributed by atoms with Crippen LogP contribution in [0.3, 0.4) is 0 Å². The summed E-state index contributed by atoms with van der Waals surface area (Å²) in [5, 5.41) is 3.39. The summed E-state index contributed by atoms with van der Waals surface area (Å²) in [5.74, 6) is -1.42. The number of benzene rings is 1. The highest BCUT2D eigenvalue weighted by Crippen LogP contribution is 2.33. The first-order valence-corrected chi connectivity index (χ1v) is 7.52. The Balaban J connectivity index is 1.71. The first-order chi connectivity index (χ1) is 10.3. The van der Waals surface area contributed by atoms with Crippen LogP contribution in [0.25, 0.3) is 0 Å². The molecule has 1 N–H and O–H groups in total. The van der Waals surface area contributed by atoms with Crippen molar-refractivity contribution in [2.24, 2.45) is 5.92 Å². The van der Waals surface area contributed by atoms with Crippen LogP contribution in [0.5, 0.6) is 0 Å². The van der Waals surface area contributed by atoms with Crippen molar-refractivity contribution in [3.05, 3.63) is 34.9 Å². The molecule has 0 bridgehead atoms. The van der Waals surface area contributed by atoms with Gasteiger partial charge in [0.05, 0.1) is 12.5 Å². The quantitative estimate of drug-likeness (QED) is 0.917. The highest BCUT2D eigenvalue weighted by molar-refractivity contribution is 6.30. The number of carbonyl (C=O) groups is 1. The van der Waals surface area contributed by atoms with E-state index in [4.69, 9.17) is 11.6 Å². The Morgan fingerprint density at radius 3 is 2.36 bits per heavy atom. The van der Waals surface area contributed by atoms with E-state index in [-0.39, 0.29) is 25.3 Å². The molecule has 0 saturated carbocycles. The van der Waals surface area contributed by atoms with E-state index in [1.54, 1.807) is 17.0 Å². The maximum atomic E-state index is 12.6. The largest absolute Gasteiger partial charge is 0.391 e. The van der Waals surface area contributed by atoms with Crippen molar-refractivity contribution in [2.45, 2.75) is 25.6 Å². The van der Waals surface area contributed by atoms with Crippen LogP contribution in [0.4, 0.5) is 13.2 Å². The normalized spacial score (nSPS) is 17.5. The minimum atomic E-state index is -4.12. The van der Waals surface area contributed by atoms with Crippen molar-refractivity contribution in [2.75, 3.05) is 19.6 Å². The zero-order valence-corrected chi connectivity index (χ0v) is 12.8. The molecule has 0 unspecified atom stereocenters. The lowest BCUT2D eigenvalue weighted by Gasteiger charge is -2.32. The molecule has 1 aromatic rings. The minimum Gasteiger partial charge on any atom is -0.351 e. The highest BCUT2D eigenvalue weighted by atomic mass is 35.5. The number of carbonyl (C=O) groups excluding carboxylic acids is 1. The second-order valence-electron chi connectivity index (χ2n) is 5.50. The van der Waals surface area contributed by atoms with E-state index in [0.29, 0.717) is 24.7 Å². The van der Waals surface area contributed by atoms with Crippen LogP contribution in [0.2, 0.25) is 5.02 Å². The number of likely N-dealkylation sites (tertiary alicyclic amines) is 1. The average molecular weight is 335 g/mol. The van der Waals surface area contributed by atoms with Gasteiger partial charge < -0.3 is 5.32 Å². The van der Waals surface area contributed by atoms with Crippen molar-refractivity contribution >= 4 is 17.5 Å². The molecule has 0 atom stereocenters. The number of nitrogens with one attached hydrogen (secondary N) is 1. The summed E-state index contributed by atoms with van der Waals surface area (Å²) < 4.78 is 37.7. The number of rotatable bonds is 4. The van der Waals surface area contributed by atoms with E-state index in [1.807, 2.05) is 12.1 Å². The Morgan fingerprint density at radius 1 is 1.23 bits per heavy atom. The third-order valence-electron chi connectivity index (χ3n) is 3.82. The van der Waals surface area contributed by atoms with Gasteiger partial charge in [0, 0.05) is 11.6 Å². The third kappa shape index (κ3) is 5.18. The summed E-state index contributed by atoms with van der Waals surface area (Å²) in [4.78, 5) is 13.6. The van der Waals surface area contributed by atoms with Crippen molar-refractivity contribution in [1.29, 1.82) is 0 Å². The number of nitrogens with zero attached hydrogens (tertiary/aromatic N) is 1. The van der Waals surface area contributed by atoms with Gasteiger partial charge in [0.1, 0.15) is 0 Å². The molecule has 0 aliphatic carbocycles. The van der Waals surface area contributed by atoms with E-state index in [9.17, 15) is 18.0 Å². The van der Waals surface area contributed by atoms with Crippen LogP contribution in [0, 0.1) is 5.92 Å². The van der Waals surface area contributed by atoms with Gasteiger partial charge in [-0.15, -0.1) is 0 Å². The van der Waals surface area contributed by atoms with Gasteiger partial charge in [-0.3, -0.25) is 9.69 Å². The third-order valence-corrected chi connectivity index (χ3v) is 4.07. The number of amides is 1. The molecule has 1 heterocycles. The Kier molecular flexibility index (Phi) is 5.69. The molecule has 2 rings (SSSR count). The molecule has 7 heteroatoms.